The van der Waals surface area contributed by atoms with E-state index in [2.05, 4.69) is 57.0 Å². The molecule has 1 N–H and O–H groups in total. The third-order valence-electron chi connectivity index (χ3n) is 7.34. The van der Waals surface area contributed by atoms with Gasteiger partial charge in [-0.3, -0.25) is 19.8 Å². The second-order valence-corrected chi connectivity index (χ2v) is 9.56. The summed E-state index contributed by atoms with van der Waals surface area (Å²) in [5, 5.41) is 2.46. The highest BCUT2D eigenvalue weighted by Gasteiger charge is 2.53. The van der Waals surface area contributed by atoms with Crippen molar-refractivity contribution in [2.75, 3.05) is 0 Å². The van der Waals surface area contributed by atoms with E-state index in [0.717, 1.165) is 34.7 Å². The lowest BCUT2D eigenvalue weighted by molar-refractivity contribution is -0.138. The molecule has 1 aromatic heterocycles. The van der Waals surface area contributed by atoms with Crippen LogP contribution in [-0.2, 0) is 34.0 Å². The summed E-state index contributed by atoms with van der Waals surface area (Å²) in [7, 11) is 0. The molecule has 3 aliphatic rings. The lowest BCUT2D eigenvalue weighted by Gasteiger charge is -2.34. The molecule has 2 aromatic carbocycles. The summed E-state index contributed by atoms with van der Waals surface area (Å²) in [6.07, 6.45) is 2.58. The number of hydrogen-bond donors (Lipinski definition) is 1. The van der Waals surface area contributed by atoms with Crippen molar-refractivity contribution in [3.05, 3.63) is 82.4 Å². The SMILES string of the molecule is Cc1ncn(Cc2ccc(COc3cccc4c3CN(C3CCC(=O)NC3=O)C3OC43)cc2)c1C. The molecule has 0 spiro atoms. The number of amides is 2. The molecule has 0 radical (unpaired) electrons. The van der Waals surface area contributed by atoms with Crippen LogP contribution in [0.3, 0.4) is 0 Å². The summed E-state index contributed by atoms with van der Waals surface area (Å²) >= 11 is 0. The van der Waals surface area contributed by atoms with E-state index < -0.39 is 0 Å². The minimum atomic E-state index is -0.362. The Kier molecular flexibility index (Phi) is 5.42. The third kappa shape index (κ3) is 4.13. The van der Waals surface area contributed by atoms with Gasteiger partial charge in [-0.2, -0.15) is 0 Å². The summed E-state index contributed by atoms with van der Waals surface area (Å²) in [5.41, 5.74) is 6.71. The molecule has 2 amide bonds. The Morgan fingerprint density at radius 1 is 1.11 bits per heavy atom. The van der Waals surface area contributed by atoms with Crippen LogP contribution in [0.4, 0.5) is 0 Å². The number of fused-ring (bicyclic) bond motifs is 3. The van der Waals surface area contributed by atoms with Crippen molar-refractivity contribution in [1.82, 2.24) is 19.8 Å². The zero-order valence-electron chi connectivity index (χ0n) is 19.9. The van der Waals surface area contributed by atoms with Crippen LogP contribution >= 0.6 is 0 Å². The number of carbonyl (C=O) groups is 2. The van der Waals surface area contributed by atoms with Crippen LogP contribution in [0.25, 0.3) is 0 Å². The number of aryl methyl sites for hydroxylation is 1. The fourth-order valence-electron chi connectivity index (χ4n) is 5.10. The molecule has 3 aromatic rings. The van der Waals surface area contributed by atoms with Gasteiger partial charge < -0.3 is 14.0 Å². The molecule has 6 rings (SSSR count). The van der Waals surface area contributed by atoms with Crippen molar-refractivity contribution < 1.29 is 19.1 Å². The largest absolute Gasteiger partial charge is 0.489 e. The van der Waals surface area contributed by atoms with Gasteiger partial charge in [-0.1, -0.05) is 36.4 Å². The molecule has 3 aliphatic heterocycles. The van der Waals surface area contributed by atoms with Crippen LogP contribution in [0.1, 0.15) is 52.6 Å². The Morgan fingerprint density at radius 2 is 1.91 bits per heavy atom. The van der Waals surface area contributed by atoms with E-state index >= 15 is 0 Å². The van der Waals surface area contributed by atoms with Gasteiger partial charge in [-0.05, 0) is 43.0 Å². The Hall–Kier alpha value is -3.49. The second-order valence-electron chi connectivity index (χ2n) is 9.56. The number of epoxide rings is 1. The summed E-state index contributed by atoms with van der Waals surface area (Å²) in [4.78, 5) is 30.5. The van der Waals surface area contributed by atoms with E-state index in [1.54, 1.807) is 0 Å². The number of piperidine rings is 1. The minimum Gasteiger partial charge on any atom is -0.489 e. The predicted molar refractivity (Wildman–Crippen MR) is 127 cm³/mol. The van der Waals surface area contributed by atoms with Crippen LogP contribution in [0, 0.1) is 13.8 Å². The summed E-state index contributed by atoms with van der Waals surface area (Å²) < 4.78 is 14.4. The van der Waals surface area contributed by atoms with Crippen LogP contribution in [0.5, 0.6) is 5.75 Å². The number of benzene rings is 2. The maximum absolute atomic E-state index is 12.5. The fraction of sp³-hybridized carbons (Fsp3) is 0.370. The second kappa shape index (κ2) is 8.62. The lowest BCUT2D eigenvalue weighted by atomic mass is 9.95. The predicted octanol–water partition coefficient (Wildman–Crippen LogP) is 3.15. The van der Waals surface area contributed by atoms with E-state index in [1.807, 2.05) is 25.4 Å². The van der Waals surface area contributed by atoms with E-state index in [-0.39, 0.29) is 30.2 Å². The van der Waals surface area contributed by atoms with Crippen molar-refractivity contribution >= 4 is 11.8 Å². The topological polar surface area (TPSA) is 89.0 Å². The Balaban J connectivity index is 1.15. The van der Waals surface area contributed by atoms with Crippen LogP contribution < -0.4 is 10.1 Å². The molecule has 0 bridgehead atoms. The first-order valence-electron chi connectivity index (χ1n) is 12.0. The molecule has 2 fully saturated rings. The normalized spacial score (nSPS) is 23.4. The lowest BCUT2D eigenvalue weighted by Crippen LogP contribution is -2.53. The molecule has 180 valence electrons. The van der Waals surface area contributed by atoms with Gasteiger partial charge in [0.15, 0.2) is 0 Å². The number of nitrogens with one attached hydrogen (secondary N) is 1. The number of ether oxygens (including phenoxy) is 2. The van der Waals surface area contributed by atoms with E-state index in [0.29, 0.717) is 26.0 Å². The first-order chi connectivity index (χ1) is 17.0. The summed E-state index contributed by atoms with van der Waals surface area (Å²) in [6.45, 7) is 5.91. The number of hydrogen-bond acceptors (Lipinski definition) is 6. The molecule has 0 saturated carbocycles. The molecule has 8 nitrogen and oxygen atoms in total. The fourth-order valence-corrected chi connectivity index (χ4v) is 5.10. The highest BCUT2D eigenvalue weighted by Crippen LogP contribution is 2.50. The van der Waals surface area contributed by atoms with Crippen molar-refractivity contribution in [2.45, 2.75) is 64.8 Å². The summed E-state index contributed by atoms with van der Waals surface area (Å²) in [6, 6.07) is 14.1. The van der Waals surface area contributed by atoms with Crippen molar-refractivity contribution in [1.29, 1.82) is 0 Å². The average Bonchev–Trinajstić information content (AvgIpc) is 3.61. The van der Waals surface area contributed by atoms with Crippen LogP contribution in [-0.4, -0.2) is 38.5 Å². The molecule has 3 atom stereocenters. The van der Waals surface area contributed by atoms with Crippen LogP contribution in [0.15, 0.2) is 48.8 Å². The standard InChI is InChI=1S/C27H28N4O4/c1-16-17(2)30(15-28-16)12-18-6-8-19(9-7-18)14-34-23-5-3-4-20-21(23)13-31(27-25(20)35-27)22-10-11-24(32)29-26(22)33/h3-9,15,22,25,27H,10-14H2,1-2H3,(H,29,32,33). The Labute approximate surface area is 203 Å². The minimum absolute atomic E-state index is 0.0534. The maximum atomic E-state index is 12.5. The molecule has 8 heteroatoms. The number of rotatable bonds is 6. The molecular weight excluding hydrogens is 444 g/mol. The average molecular weight is 473 g/mol. The zero-order chi connectivity index (χ0) is 24.1. The highest BCUT2D eigenvalue weighted by molar-refractivity contribution is 6.00. The van der Waals surface area contributed by atoms with Gasteiger partial charge in [0.2, 0.25) is 11.8 Å². The smallest absolute Gasteiger partial charge is 0.244 e. The quantitative estimate of drug-likeness (QED) is 0.438. The number of aromatic nitrogens is 2. The number of imide groups is 1. The van der Waals surface area contributed by atoms with Crippen molar-refractivity contribution in [2.24, 2.45) is 0 Å². The zero-order valence-corrected chi connectivity index (χ0v) is 19.9. The van der Waals surface area contributed by atoms with E-state index in [4.69, 9.17) is 9.47 Å². The van der Waals surface area contributed by atoms with Gasteiger partial charge in [-0.15, -0.1) is 0 Å². The van der Waals surface area contributed by atoms with E-state index in [9.17, 15) is 9.59 Å². The molecule has 35 heavy (non-hydrogen) atoms. The number of imidazole rings is 1. The van der Waals surface area contributed by atoms with Gasteiger partial charge in [0.1, 0.15) is 24.7 Å². The van der Waals surface area contributed by atoms with Crippen LogP contribution in [0.2, 0.25) is 0 Å². The van der Waals surface area contributed by atoms with Gasteiger partial charge in [0.05, 0.1) is 18.1 Å². The Bertz CT molecular complexity index is 1300. The van der Waals surface area contributed by atoms with Crippen molar-refractivity contribution in [3.8, 4) is 5.75 Å². The Morgan fingerprint density at radius 3 is 2.66 bits per heavy atom. The molecule has 2 saturated heterocycles. The first kappa shape index (κ1) is 22.0. The van der Waals surface area contributed by atoms with Crippen molar-refractivity contribution in [3.63, 3.8) is 0 Å². The van der Waals surface area contributed by atoms with Gasteiger partial charge >= 0.3 is 0 Å². The maximum Gasteiger partial charge on any atom is 0.244 e. The van der Waals surface area contributed by atoms with E-state index in [1.165, 1.54) is 11.3 Å². The number of carbonyl (C=O) groups excluding carboxylic acids is 2. The summed E-state index contributed by atoms with van der Waals surface area (Å²) in [5.74, 6) is 0.364. The van der Waals surface area contributed by atoms with Gasteiger partial charge in [0.25, 0.3) is 0 Å². The third-order valence-corrected chi connectivity index (χ3v) is 7.34. The van der Waals surface area contributed by atoms with Gasteiger partial charge in [0, 0.05) is 30.8 Å². The number of nitrogens with zero attached hydrogens (tertiary/aromatic N) is 3. The molecular formula is C27H28N4O4. The monoisotopic (exact) mass is 472 g/mol. The van der Waals surface area contributed by atoms with Gasteiger partial charge in [-0.25, -0.2) is 4.98 Å². The first-order valence-corrected chi connectivity index (χ1v) is 12.0. The molecule has 0 aliphatic carbocycles. The molecule has 3 unspecified atom stereocenters. The molecule has 4 heterocycles. The highest BCUT2D eigenvalue weighted by atomic mass is 16.6.